The Bertz CT molecular complexity index is 178. The van der Waals surface area contributed by atoms with Gasteiger partial charge in [-0.15, -0.1) is 0 Å². The molecule has 1 unspecified atom stereocenters. The molecular weight excluding hydrogens is 178 g/mol. The number of ether oxygens (including phenoxy) is 1. The van der Waals surface area contributed by atoms with E-state index in [-0.39, 0.29) is 5.84 Å². The Kier molecular flexibility index (Phi) is 4.90. The van der Waals surface area contributed by atoms with Crippen LogP contribution in [0.3, 0.4) is 0 Å². The van der Waals surface area contributed by atoms with E-state index in [1.165, 1.54) is 19.3 Å². The van der Waals surface area contributed by atoms with E-state index in [9.17, 15) is 0 Å². The lowest BCUT2D eigenvalue weighted by Crippen LogP contribution is -2.35. The van der Waals surface area contributed by atoms with Gasteiger partial charge in [0.05, 0.1) is 11.9 Å². The van der Waals surface area contributed by atoms with Crippen LogP contribution in [0, 0.1) is 5.41 Å². The van der Waals surface area contributed by atoms with Crippen molar-refractivity contribution < 1.29 is 4.74 Å². The zero-order valence-corrected chi connectivity index (χ0v) is 8.96. The Morgan fingerprint density at radius 1 is 1.57 bits per heavy atom. The van der Waals surface area contributed by atoms with Crippen molar-refractivity contribution in [2.75, 3.05) is 26.7 Å². The molecule has 1 heterocycles. The molecule has 0 spiro atoms. The summed E-state index contributed by atoms with van der Waals surface area (Å²) in [5.41, 5.74) is 5.30. The van der Waals surface area contributed by atoms with Crippen molar-refractivity contribution in [2.45, 2.75) is 31.8 Å². The van der Waals surface area contributed by atoms with Crippen molar-refractivity contribution in [3.63, 3.8) is 0 Å². The van der Waals surface area contributed by atoms with Crippen LogP contribution in [0.2, 0.25) is 0 Å². The highest BCUT2D eigenvalue weighted by Gasteiger charge is 2.15. The highest BCUT2D eigenvalue weighted by atomic mass is 16.5. The molecule has 0 aromatic heterocycles. The van der Waals surface area contributed by atoms with Crippen LogP contribution in [0.4, 0.5) is 0 Å². The maximum absolute atomic E-state index is 7.13. The maximum Gasteiger partial charge on any atom is 0.0918 e. The third-order valence-corrected chi connectivity index (χ3v) is 2.55. The molecule has 0 saturated carbocycles. The van der Waals surface area contributed by atoms with Gasteiger partial charge in [0.15, 0.2) is 0 Å². The fourth-order valence-electron chi connectivity index (χ4n) is 1.70. The van der Waals surface area contributed by atoms with E-state index in [1.54, 1.807) is 0 Å². The van der Waals surface area contributed by atoms with Gasteiger partial charge in [0.1, 0.15) is 0 Å². The first kappa shape index (κ1) is 11.5. The number of amidine groups is 1. The molecule has 3 N–H and O–H groups in total. The van der Waals surface area contributed by atoms with E-state index in [0.717, 1.165) is 19.7 Å². The molecule has 0 aromatic rings. The average Bonchev–Trinajstić information content (AvgIpc) is 2.16. The monoisotopic (exact) mass is 199 g/mol. The SMILES string of the molecule is CN(CCC(=N)N)CC1CCCCO1. The molecule has 1 aliphatic heterocycles. The number of hydrogen-bond acceptors (Lipinski definition) is 3. The second kappa shape index (κ2) is 5.98. The third-order valence-electron chi connectivity index (χ3n) is 2.55. The molecule has 1 saturated heterocycles. The molecule has 1 fully saturated rings. The van der Waals surface area contributed by atoms with Gasteiger partial charge in [-0.3, -0.25) is 5.41 Å². The number of nitrogens with zero attached hydrogens (tertiary/aromatic N) is 1. The Hall–Kier alpha value is -0.610. The second-order valence-corrected chi connectivity index (χ2v) is 4.03. The van der Waals surface area contributed by atoms with Crippen molar-refractivity contribution >= 4 is 5.84 Å². The predicted octanol–water partition coefficient (Wildman–Crippen LogP) is 0.813. The Morgan fingerprint density at radius 2 is 2.36 bits per heavy atom. The van der Waals surface area contributed by atoms with Gasteiger partial charge in [0.25, 0.3) is 0 Å². The van der Waals surface area contributed by atoms with Crippen LogP contribution in [0.1, 0.15) is 25.7 Å². The quantitative estimate of drug-likeness (QED) is 0.509. The summed E-state index contributed by atoms with van der Waals surface area (Å²) in [6.07, 6.45) is 4.70. The minimum atomic E-state index is 0.265. The summed E-state index contributed by atoms with van der Waals surface area (Å²) < 4.78 is 5.63. The molecule has 0 aliphatic carbocycles. The molecule has 1 aliphatic rings. The van der Waals surface area contributed by atoms with E-state index in [1.807, 2.05) is 0 Å². The molecule has 1 atom stereocenters. The van der Waals surface area contributed by atoms with Gasteiger partial charge in [0, 0.05) is 26.1 Å². The van der Waals surface area contributed by atoms with Crippen LogP contribution >= 0.6 is 0 Å². The van der Waals surface area contributed by atoms with E-state index in [0.29, 0.717) is 12.5 Å². The van der Waals surface area contributed by atoms with Gasteiger partial charge in [-0.05, 0) is 26.3 Å². The minimum Gasteiger partial charge on any atom is -0.388 e. The van der Waals surface area contributed by atoms with Crippen molar-refractivity contribution in [3.8, 4) is 0 Å². The fourth-order valence-corrected chi connectivity index (χ4v) is 1.70. The first-order valence-electron chi connectivity index (χ1n) is 5.31. The van der Waals surface area contributed by atoms with Crippen LogP contribution < -0.4 is 5.73 Å². The lowest BCUT2D eigenvalue weighted by molar-refractivity contribution is -0.00104. The summed E-state index contributed by atoms with van der Waals surface area (Å²) in [7, 11) is 2.06. The molecule has 0 bridgehead atoms. The van der Waals surface area contributed by atoms with Crippen molar-refractivity contribution in [2.24, 2.45) is 5.73 Å². The van der Waals surface area contributed by atoms with E-state index in [4.69, 9.17) is 15.9 Å². The standard InChI is InChI=1S/C10H21N3O/c1-13(6-5-10(11)12)8-9-4-2-3-7-14-9/h9H,2-8H2,1H3,(H3,11,12). The second-order valence-electron chi connectivity index (χ2n) is 4.03. The zero-order chi connectivity index (χ0) is 10.4. The molecule has 0 amide bonds. The van der Waals surface area contributed by atoms with E-state index >= 15 is 0 Å². The molecule has 0 radical (unpaired) electrons. The molecule has 0 aromatic carbocycles. The van der Waals surface area contributed by atoms with Crippen LogP contribution in [-0.4, -0.2) is 43.6 Å². The molecule has 4 heteroatoms. The molecule has 82 valence electrons. The highest BCUT2D eigenvalue weighted by Crippen LogP contribution is 2.13. The molecular formula is C10H21N3O. The normalized spacial score (nSPS) is 22.6. The van der Waals surface area contributed by atoms with Crippen molar-refractivity contribution in [1.29, 1.82) is 5.41 Å². The van der Waals surface area contributed by atoms with Crippen molar-refractivity contribution in [1.82, 2.24) is 4.90 Å². The smallest absolute Gasteiger partial charge is 0.0918 e. The van der Waals surface area contributed by atoms with Crippen molar-refractivity contribution in [3.05, 3.63) is 0 Å². The number of nitrogens with two attached hydrogens (primary N) is 1. The van der Waals surface area contributed by atoms with Gasteiger partial charge >= 0.3 is 0 Å². The summed E-state index contributed by atoms with van der Waals surface area (Å²) in [6.45, 7) is 2.73. The van der Waals surface area contributed by atoms with Gasteiger partial charge in [0.2, 0.25) is 0 Å². The van der Waals surface area contributed by atoms with Gasteiger partial charge in [-0.25, -0.2) is 0 Å². The van der Waals surface area contributed by atoms with Crippen LogP contribution in [0.25, 0.3) is 0 Å². The average molecular weight is 199 g/mol. The maximum atomic E-state index is 7.13. The van der Waals surface area contributed by atoms with Gasteiger partial charge in [-0.1, -0.05) is 0 Å². The number of likely N-dealkylation sites (N-methyl/N-ethyl adjacent to an activating group) is 1. The lowest BCUT2D eigenvalue weighted by atomic mass is 10.1. The lowest BCUT2D eigenvalue weighted by Gasteiger charge is -2.27. The van der Waals surface area contributed by atoms with E-state index in [2.05, 4.69) is 11.9 Å². The number of hydrogen-bond donors (Lipinski definition) is 2. The first-order chi connectivity index (χ1) is 6.68. The minimum absolute atomic E-state index is 0.265. The van der Waals surface area contributed by atoms with E-state index < -0.39 is 0 Å². The Morgan fingerprint density at radius 3 is 2.93 bits per heavy atom. The number of nitrogens with one attached hydrogen (secondary N) is 1. The Balaban J connectivity index is 2.11. The van der Waals surface area contributed by atoms with Gasteiger partial charge in [-0.2, -0.15) is 0 Å². The van der Waals surface area contributed by atoms with Gasteiger partial charge < -0.3 is 15.4 Å². The predicted molar refractivity (Wildman–Crippen MR) is 57.6 cm³/mol. The molecule has 4 nitrogen and oxygen atoms in total. The van der Waals surface area contributed by atoms with Crippen LogP contribution in [-0.2, 0) is 4.74 Å². The largest absolute Gasteiger partial charge is 0.388 e. The number of rotatable bonds is 5. The summed E-state index contributed by atoms with van der Waals surface area (Å²) in [6, 6.07) is 0. The highest BCUT2D eigenvalue weighted by molar-refractivity contribution is 5.76. The third kappa shape index (κ3) is 4.58. The van der Waals surface area contributed by atoms with Crippen LogP contribution in [0.15, 0.2) is 0 Å². The summed E-state index contributed by atoms with van der Waals surface area (Å²) in [5.74, 6) is 0.265. The first-order valence-corrected chi connectivity index (χ1v) is 5.31. The summed E-state index contributed by atoms with van der Waals surface area (Å²) in [4.78, 5) is 2.19. The fraction of sp³-hybridized carbons (Fsp3) is 0.900. The summed E-state index contributed by atoms with van der Waals surface area (Å²) in [5, 5.41) is 7.13. The zero-order valence-electron chi connectivity index (χ0n) is 8.96. The molecule has 14 heavy (non-hydrogen) atoms. The summed E-state index contributed by atoms with van der Waals surface area (Å²) >= 11 is 0. The van der Waals surface area contributed by atoms with Crippen LogP contribution in [0.5, 0.6) is 0 Å². The topological polar surface area (TPSA) is 62.3 Å². The molecule has 1 rings (SSSR count). The Labute approximate surface area is 85.9 Å².